The standard InChI is InChI=1S/C30H54N4O4/c1-21(2)15-26-28(35)34(14-10-31-26)27(16-22(3)4)29(36)33-13-9-30(17-24(33)6)37-19-25(20-38-30)18-32-11-7-23(5)8-12-32/h21-27,31H,7-20H2,1-6H3/t24-,25?,26-,27?,30?/m0/s1. The topological polar surface area (TPSA) is 74.4 Å². The van der Waals surface area contributed by atoms with Crippen molar-refractivity contribution in [3.8, 4) is 0 Å². The lowest BCUT2D eigenvalue weighted by Crippen LogP contribution is -2.64. The van der Waals surface area contributed by atoms with Crippen molar-refractivity contribution in [2.45, 2.75) is 104 Å². The van der Waals surface area contributed by atoms with Gasteiger partial charge in [-0.2, -0.15) is 0 Å². The number of rotatable bonds is 8. The molecule has 218 valence electrons. The minimum Gasteiger partial charge on any atom is -0.349 e. The lowest BCUT2D eigenvalue weighted by Gasteiger charge is -2.50. The van der Waals surface area contributed by atoms with Crippen molar-refractivity contribution >= 4 is 11.8 Å². The van der Waals surface area contributed by atoms with E-state index >= 15 is 0 Å². The molecule has 4 fully saturated rings. The van der Waals surface area contributed by atoms with Gasteiger partial charge in [0.25, 0.3) is 0 Å². The van der Waals surface area contributed by atoms with Gasteiger partial charge in [0.2, 0.25) is 11.8 Å². The summed E-state index contributed by atoms with van der Waals surface area (Å²) < 4.78 is 12.9. The van der Waals surface area contributed by atoms with Gasteiger partial charge in [-0.05, 0) is 63.5 Å². The molecule has 1 spiro atoms. The van der Waals surface area contributed by atoms with Crippen LogP contribution in [0.25, 0.3) is 0 Å². The molecule has 0 aliphatic carbocycles. The summed E-state index contributed by atoms with van der Waals surface area (Å²) in [5, 5.41) is 3.38. The van der Waals surface area contributed by atoms with E-state index in [1.54, 1.807) is 0 Å². The number of piperazine rings is 1. The van der Waals surface area contributed by atoms with E-state index in [1.165, 1.54) is 25.9 Å². The quantitative estimate of drug-likeness (QED) is 0.515. The molecule has 0 radical (unpaired) electrons. The molecule has 4 aliphatic heterocycles. The summed E-state index contributed by atoms with van der Waals surface area (Å²) in [5.74, 6) is 1.60. The Morgan fingerprint density at radius 1 is 1.03 bits per heavy atom. The number of piperidine rings is 2. The van der Waals surface area contributed by atoms with Gasteiger partial charge in [0.05, 0.1) is 19.3 Å². The number of nitrogens with zero attached hydrogens (tertiary/aromatic N) is 3. The molecule has 3 atom stereocenters. The number of hydrogen-bond donors (Lipinski definition) is 1. The molecular formula is C30H54N4O4. The summed E-state index contributed by atoms with van der Waals surface area (Å²) in [6, 6.07) is -0.588. The minimum absolute atomic E-state index is 0.00974. The lowest BCUT2D eigenvalue weighted by molar-refractivity contribution is -0.303. The van der Waals surface area contributed by atoms with E-state index in [0.717, 1.165) is 38.6 Å². The SMILES string of the molecule is CC(C)CC(C(=O)N1CCC2(C[C@@H]1C)OCC(CN1CCC(C)CC1)CO2)N1CCN[C@@H](CC(C)C)C1=O. The highest BCUT2D eigenvalue weighted by atomic mass is 16.7. The predicted molar refractivity (Wildman–Crippen MR) is 150 cm³/mol. The molecule has 4 heterocycles. The van der Waals surface area contributed by atoms with Gasteiger partial charge in [-0.25, -0.2) is 0 Å². The number of ether oxygens (including phenoxy) is 2. The minimum atomic E-state index is -0.579. The van der Waals surface area contributed by atoms with E-state index in [0.29, 0.717) is 50.1 Å². The first-order valence-electron chi connectivity index (χ1n) is 15.4. The molecule has 1 N–H and O–H groups in total. The number of carbonyl (C=O) groups is 2. The van der Waals surface area contributed by atoms with Crippen LogP contribution in [-0.4, -0.2) is 103 Å². The summed E-state index contributed by atoms with van der Waals surface area (Å²) in [6.45, 7) is 19.8. The summed E-state index contributed by atoms with van der Waals surface area (Å²) in [6.07, 6.45) is 5.44. The highest BCUT2D eigenvalue weighted by molar-refractivity contribution is 5.90. The molecule has 4 rings (SSSR count). The molecule has 0 bridgehead atoms. The molecule has 0 aromatic rings. The fourth-order valence-electron chi connectivity index (χ4n) is 6.83. The van der Waals surface area contributed by atoms with Gasteiger partial charge in [0.15, 0.2) is 5.79 Å². The van der Waals surface area contributed by atoms with Crippen LogP contribution in [0.4, 0.5) is 0 Å². The number of carbonyl (C=O) groups excluding carboxylic acids is 2. The second-order valence-electron chi connectivity index (χ2n) is 13.5. The monoisotopic (exact) mass is 534 g/mol. The van der Waals surface area contributed by atoms with Gasteiger partial charge >= 0.3 is 0 Å². The number of likely N-dealkylation sites (tertiary alicyclic amines) is 2. The second-order valence-corrected chi connectivity index (χ2v) is 13.5. The summed E-state index contributed by atoms with van der Waals surface area (Å²) >= 11 is 0. The maximum absolute atomic E-state index is 14.0. The molecule has 2 amide bonds. The third-order valence-corrected chi connectivity index (χ3v) is 9.10. The van der Waals surface area contributed by atoms with Crippen LogP contribution in [0.3, 0.4) is 0 Å². The van der Waals surface area contributed by atoms with Gasteiger partial charge in [0, 0.05) is 51.0 Å². The number of hydrogen-bond acceptors (Lipinski definition) is 6. The van der Waals surface area contributed by atoms with Crippen molar-refractivity contribution in [3.05, 3.63) is 0 Å². The Hall–Kier alpha value is -1.22. The summed E-state index contributed by atoms with van der Waals surface area (Å²) in [7, 11) is 0. The molecule has 8 heteroatoms. The van der Waals surface area contributed by atoms with E-state index in [4.69, 9.17) is 9.47 Å². The molecule has 8 nitrogen and oxygen atoms in total. The van der Waals surface area contributed by atoms with E-state index in [9.17, 15) is 9.59 Å². The van der Waals surface area contributed by atoms with E-state index in [2.05, 4.69) is 51.8 Å². The first kappa shape index (κ1) is 29.8. The van der Waals surface area contributed by atoms with Crippen LogP contribution in [-0.2, 0) is 19.1 Å². The maximum Gasteiger partial charge on any atom is 0.245 e. The highest BCUT2D eigenvalue weighted by Gasteiger charge is 2.47. The Labute approximate surface area is 231 Å². The average molecular weight is 535 g/mol. The van der Waals surface area contributed by atoms with E-state index < -0.39 is 11.8 Å². The second kappa shape index (κ2) is 13.0. The third kappa shape index (κ3) is 7.29. The fourth-order valence-corrected chi connectivity index (χ4v) is 6.83. The predicted octanol–water partition coefficient (Wildman–Crippen LogP) is 3.35. The molecule has 0 saturated carbocycles. The Balaban J connectivity index is 1.34. The molecule has 4 saturated heterocycles. The maximum atomic E-state index is 14.0. The zero-order valence-electron chi connectivity index (χ0n) is 24.9. The summed E-state index contributed by atoms with van der Waals surface area (Å²) in [5.41, 5.74) is 0. The van der Waals surface area contributed by atoms with Gasteiger partial charge in [-0.15, -0.1) is 0 Å². The Bertz CT molecular complexity index is 789. The fraction of sp³-hybridized carbons (Fsp3) is 0.933. The van der Waals surface area contributed by atoms with Crippen LogP contribution in [0.2, 0.25) is 0 Å². The van der Waals surface area contributed by atoms with Crippen LogP contribution in [0, 0.1) is 23.7 Å². The van der Waals surface area contributed by atoms with Crippen molar-refractivity contribution < 1.29 is 19.1 Å². The zero-order valence-corrected chi connectivity index (χ0v) is 24.9. The van der Waals surface area contributed by atoms with Crippen molar-refractivity contribution in [3.63, 3.8) is 0 Å². The van der Waals surface area contributed by atoms with Gasteiger partial charge < -0.3 is 29.5 Å². The van der Waals surface area contributed by atoms with E-state index in [-0.39, 0.29) is 23.9 Å². The van der Waals surface area contributed by atoms with Crippen LogP contribution in [0.5, 0.6) is 0 Å². The molecule has 38 heavy (non-hydrogen) atoms. The van der Waals surface area contributed by atoms with Gasteiger partial charge in [-0.3, -0.25) is 9.59 Å². The Kier molecular flexibility index (Phi) is 10.2. The Morgan fingerprint density at radius 2 is 1.71 bits per heavy atom. The van der Waals surface area contributed by atoms with Gasteiger partial charge in [-0.1, -0.05) is 34.6 Å². The highest BCUT2D eigenvalue weighted by Crippen LogP contribution is 2.36. The molecule has 1 unspecified atom stereocenters. The summed E-state index contributed by atoms with van der Waals surface area (Å²) in [4.78, 5) is 33.9. The normalized spacial score (nSPS) is 32.9. The van der Waals surface area contributed by atoms with Crippen LogP contribution in [0.1, 0.15) is 80.1 Å². The first-order valence-corrected chi connectivity index (χ1v) is 15.4. The molecule has 0 aromatic carbocycles. The van der Waals surface area contributed by atoms with Crippen molar-refractivity contribution in [2.24, 2.45) is 23.7 Å². The van der Waals surface area contributed by atoms with Crippen LogP contribution < -0.4 is 5.32 Å². The number of nitrogens with one attached hydrogen (secondary N) is 1. The smallest absolute Gasteiger partial charge is 0.245 e. The molecule has 4 aliphatic rings. The first-order chi connectivity index (χ1) is 18.1. The molecular weight excluding hydrogens is 480 g/mol. The van der Waals surface area contributed by atoms with Gasteiger partial charge in [0.1, 0.15) is 6.04 Å². The van der Waals surface area contributed by atoms with Crippen LogP contribution >= 0.6 is 0 Å². The number of amides is 2. The third-order valence-electron chi connectivity index (χ3n) is 9.10. The largest absolute Gasteiger partial charge is 0.349 e. The van der Waals surface area contributed by atoms with Crippen molar-refractivity contribution in [2.75, 3.05) is 52.5 Å². The lowest BCUT2D eigenvalue weighted by atomic mass is 9.92. The van der Waals surface area contributed by atoms with Crippen LogP contribution in [0.15, 0.2) is 0 Å². The zero-order chi connectivity index (χ0) is 27.4. The molecule has 0 aromatic heterocycles. The van der Waals surface area contributed by atoms with Crippen molar-refractivity contribution in [1.82, 2.24) is 20.0 Å². The van der Waals surface area contributed by atoms with E-state index in [1.807, 2.05) is 9.80 Å². The Morgan fingerprint density at radius 3 is 2.32 bits per heavy atom. The average Bonchev–Trinajstić information content (AvgIpc) is 2.86. The van der Waals surface area contributed by atoms with Crippen molar-refractivity contribution in [1.29, 1.82) is 0 Å².